The van der Waals surface area contributed by atoms with Crippen LogP contribution in [0.2, 0.25) is 5.02 Å². The molecule has 0 aliphatic heterocycles. The molecule has 0 radical (unpaired) electrons. The van der Waals surface area contributed by atoms with E-state index in [4.69, 9.17) is 11.6 Å². The van der Waals surface area contributed by atoms with Gasteiger partial charge in [-0.25, -0.2) is 0 Å². The van der Waals surface area contributed by atoms with Crippen molar-refractivity contribution < 1.29 is 0 Å². The van der Waals surface area contributed by atoms with Crippen LogP contribution in [-0.4, -0.2) is 12.3 Å². The molecule has 1 aromatic carbocycles. The lowest BCUT2D eigenvalue weighted by Gasteiger charge is -2.14. The van der Waals surface area contributed by atoms with Crippen LogP contribution in [0.5, 0.6) is 0 Å². The molecule has 1 unspecified atom stereocenters. The van der Waals surface area contributed by atoms with Gasteiger partial charge in [-0.1, -0.05) is 31.5 Å². The van der Waals surface area contributed by atoms with Crippen molar-refractivity contribution in [3.63, 3.8) is 0 Å². The van der Waals surface area contributed by atoms with E-state index < -0.39 is 0 Å². The second-order valence-electron chi connectivity index (χ2n) is 3.82. The highest BCUT2D eigenvalue weighted by atomic mass is 35.5. The van der Waals surface area contributed by atoms with Gasteiger partial charge in [0.05, 0.1) is 5.02 Å². The number of hydrogen-bond donors (Lipinski definition) is 1. The average molecular weight is 258 g/mol. The van der Waals surface area contributed by atoms with Gasteiger partial charge >= 0.3 is 0 Å². The van der Waals surface area contributed by atoms with Gasteiger partial charge in [0.25, 0.3) is 0 Å². The molecular formula is C13H20ClNS. The lowest BCUT2D eigenvalue weighted by atomic mass is 10.1. The molecule has 1 atom stereocenters. The summed E-state index contributed by atoms with van der Waals surface area (Å²) in [5, 5.41) is 4.26. The average Bonchev–Trinajstić information content (AvgIpc) is 2.27. The Morgan fingerprint density at radius 3 is 2.69 bits per heavy atom. The van der Waals surface area contributed by atoms with Crippen LogP contribution >= 0.6 is 23.4 Å². The molecule has 16 heavy (non-hydrogen) atoms. The van der Waals surface area contributed by atoms with Crippen LogP contribution in [0.15, 0.2) is 23.1 Å². The summed E-state index contributed by atoms with van der Waals surface area (Å²) in [6, 6.07) is 6.74. The molecule has 0 fully saturated rings. The quantitative estimate of drug-likeness (QED) is 0.753. The van der Waals surface area contributed by atoms with Crippen molar-refractivity contribution in [3.8, 4) is 0 Å². The highest BCUT2D eigenvalue weighted by Gasteiger charge is 2.07. The van der Waals surface area contributed by atoms with Crippen molar-refractivity contribution in [1.29, 1.82) is 0 Å². The van der Waals surface area contributed by atoms with Crippen LogP contribution in [0, 0.1) is 0 Å². The number of halogens is 1. The maximum Gasteiger partial charge on any atom is 0.0545 e. The van der Waals surface area contributed by atoms with Gasteiger partial charge in [-0.3, -0.25) is 0 Å². The van der Waals surface area contributed by atoms with Crippen LogP contribution in [0.4, 0.5) is 0 Å². The van der Waals surface area contributed by atoms with E-state index in [1.807, 2.05) is 11.8 Å². The van der Waals surface area contributed by atoms with Gasteiger partial charge < -0.3 is 5.32 Å². The lowest BCUT2D eigenvalue weighted by molar-refractivity contribution is 0.598. The van der Waals surface area contributed by atoms with Crippen LogP contribution in [-0.2, 0) is 0 Å². The number of thioether (sulfide) groups is 1. The standard InChI is InChI=1S/C13H20ClNS/c1-4-8-16-13-7-6-11(9-12(13)14)10(3)15-5-2/h6-7,9-10,15H,4-5,8H2,1-3H3. The monoisotopic (exact) mass is 257 g/mol. The van der Waals surface area contributed by atoms with Crippen molar-refractivity contribution in [1.82, 2.24) is 5.32 Å². The Morgan fingerprint density at radius 1 is 1.38 bits per heavy atom. The second kappa shape index (κ2) is 7.21. The second-order valence-corrected chi connectivity index (χ2v) is 5.36. The summed E-state index contributed by atoms with van der Waals surface area (Å²) in [4.78, 5) is 1.19. The predicted octanol–water partition coefficient (Wildman–Crippen LogP) is 4.51. The van der Waals surface area contributed by atoms with E-state index in [-0.39, 0.29) is 0 Å². The van der Waals surface area contributed by atoms with Crippen molar-refractivity contribution in [2.75, 3.05) is 12.3 Å². The van der Waals surface area contributed by atoms with E-state index in [9.17, 15) is 0 Å². The number of hydrogen-bond acceptors (Lipinski definition) is 2. The van der Waals surface area contributed by atoms with Gasteiger partial charge in [0.15, 0.2) is 0 Å². The third kappa shape index (κ3) is 4.00. The van der Waals surface area contributed by atoms with E-state index >= 15 is 0 Å². The van der Waals surface area contributed by atoms with E-state index in [0.717, 1.165) is 17.3 Å². The van der Waals surface area contributed by atoms with Gasteiger partial charge in [0, 0.05) is 10.9 Å². The molecule has 0 aliphatic rings. The molecule has 1 rings (SSSR count). The Morgan fingerprint density at radius 2 is 2.12 bits per heavy atom. The Bertz CT molecular complexity index is 328. The summed E-state index contributed by atoms with van der Waals surface area (Å²) in [6.07, 6.45) is 1.18. The van der Waals surface area contributed by atoms with Crippen LogP contribution in [0.1, 0.15) is 38.8 Å². The summed E-state index contributed by atoms with van der Waals surface area (Å²) in [6.45, 7) is 7.44. The zero-order chi connectivity index (χ0) is 12.0. The molecule has 0 saturated heterocycles. The third-order valence-electron chi connectivity index (χ3n) is 2.43. The molecule has 3 heteroatoms. The Hall–Kier alpha value is -0.180. The lowest BCUT2D eigenvalue weighted by Crippen LogP contribution is -2.17. The minimum Gasteiger partial charge on any atom is -0.310 e. The minimum absolute atomic E-state index is 0.368. The van der Waals surface area contributed by atoms with Crippen molar-refractivity contribution in [2.45, 2.75) is 38.1 Å². The van der Waals surface area contributed by atoms with Crippen LogP contribution < -0.4 is 5.32 Å². The molecule has 0 amide bonds. The summed E-state index contributed by atoms with van der Waals surface area (Å²) >= 11 is 8.09. The number of rotatable bonds is 6. The van der Waals surface area contributed by atoms with Crippen LogP contribution in [0.3, 0.4) is 0 Å². The molecule has 0 aliphatic carbocycles. The normalized spacial score (nSPS) is 12.8. The Balaban J connectivity index is 2.73. The molecule has 90 valence electrons. The molecule has 1 N–H and O–H groups in total. The SMILES string of the molecule is CCCSc1ccc(C(C)NCC)cc1Cl. The largest absolute Gasteiger partial charge is 0.310 e. The van der Waals surface area contributed by atoms with Gasteiger partial charge in [-0.2, -0.15) is 0 Å². The van der Waals surface area contributed by atoms with Gasteiger partial charge in [0.2, 0.25) is 0 Å². The van der Waals surface area contributed by atoms with Gasteiger partial charge in [0.1, 0.15) is 0 Å². The van der Waals surface area contributed by atoms with Crippen molar-refractivity contribution in [3.05, 3.63) is 28.8 Å². The van der Waals surface area contributed by atoms with Gasteiger partial charge in [-0.15, -0.1) is 11.8 Å². The summed E-state index contributed by atoms with van der Waals surface area (Å²) in [7, 11) is 0. The van der Waals surface area contributed by atoms with Crippen molar-refractivity contribution in [2.24, 2.45) is 0 Å². The van der Waals surface area contributed by atoms with Crippen LogP contribution in [0.25, 0.3) is 0 Å². The molecule has 1 aromatic rings. The fourth-order valence-corrected chi connectivity index (χ4v) is 2.68. The molecule has 0 aromatic heterocycles. The third-order valence-corrected chi connectivity index (χ3v) is 4.13. The Labute approximate surface area is 108 Å². The first-order chi connectivity index (χ1) is 7.69. The first-order valence-corrected chi connectivity index (χ1v) is 7.21. The summed E-state index contributed by atoms with van der Waals surface area (Å²) in [5.41, 5.74) is 1.26. The predicted molar refractivity (Wildman–Crippen MR) is 74.6 cm³/mol. The van der Waals surface area contributed by atoms with E-state index in [1.165, 1.54) is 16.9 Å². The number of benzene rings is 1. The highest BCUT2D eigenvalue weighted by Crippen LogP contribution is 2.30. The van der Waals surface area contributed by atoms with Crippen molar-refractivity contribution >= 4 is 23.4 Å². The topological polar surface area (TPSA) is 12.0 Å². The van der Waals surface area contributed by atoms with Gasteiger partial charge in [-0.05, 0) is 43.3 Å². The fraction of sp³-hybridized carbons (Fsp3) is 0.538. The zero-order valence-electron chi connectivity index (χ0n) is 10.2. The fourth-order valence-electron chi connectivity index (χ4n) is 1.54. The first kappa shape index (κ1) is 13.9. The number of nitrogens with one attached hydrogen (secondary N) is 1. The smallest absolute Gasteiger partial charge is 0.0545 e. The maximum atomic E-state index is 6.26. The molecular weight excluding hydrogens is 238 g/mol. The molecule has 1 nitrogen and oxygen atoms in total. The maximum absolute atomic E-state index is 6.26. The highest BCUT2D eigenvalue weighted by molar-refractivity contribution is 7.99. The minimum atomic E-state index is 0.368. The summed E-state index contributed by atoms with van der Waals surface area (Å²) in [5.74, 6) is 1.13. The molecule has 0 saturated carbocycles. The summed E-state index contributed by atoms with van der Waals surface area (Å²) < 4.78 is 0. The first-order valence-electron chi connectivity index (χ1n) is 5.84. The zero-order valence-corrected chi connectivity index (χ0v) is 11.8. The van der Waals surface area contributed by atoms with E-state index in [2.05, 4.69) is 44.3 Å². The molecule has 0 bridgehead atoms. The van der Waals surface area contributed by atoms with E-state index in [0.29, 0.717) is 6.04 Å². The Kier molecular flexibility index (Phi) is 6.25. The molecule has 0 heterocycles. The van der Waals surface area contributed by atoms with E-state index in [1.54, 1.807) is 0 Å². The molecule has 0 spiro atoms.